The van der Waals surface area contributed by atoms with Crippen LogP contribution in [0.3, 0.4) is 0 Å². The van der Waals surface area contributed by atoms with E-state index in [9.17, 15) is 0 Å². The van der Waals surface area contributed by atoms with E-state index in [2.05, 4.69) is 13.8 Å². The van der Waals surface area contributed by atoms with E-state index < -0.39 is 0 Å². The van der Waals surface area contributed by atoms with Gasteiger partial charge in [-0.1, -0.05) is 20.3 Å². The van der Waals surface area contributed by atoms with Crippen molar-refractivity contribution >= 4 is 11.3 Å². The summed E-state index contributed by atoms with van der Waals surface area (Å²) in [4.78, 5) is 6.30. The molecule has 0 spiro atoms. The van der Waals surface area contributed by atoms with Gasteiger partial charge in [0.15, 0.2) is 0 Å². The highest BCUT2D eigenvalue weighted by molar-refractivity contribution is 7.11. The first-order valence-corrected chi connectivity index (χ1v) is 6.07. The molecule has 0 aliphatic heterocycles. The summed E-state index contributed by atoms with van der Waals surface area (Å²) in [6.45, 7) is 4.47. The van der Waals surface area contributed by atoms with E-state index in [0.717, 1.165) is 0 Å². The second-order valence-corrected chi connectivity index (χ2v) is 5.25. The maximum atomic E-state index is 4.73. The van der Waals surface area contributed by atoms with Crippen LogP contribution in [0.2, 0.25) is 0 Å². The lowest BCUT2D eigenvalue weighted by Gasteiger charge is -1.97. The van der Waals surface area contributed by atoms with E-state index in [1.807, 2.05) is 11.3 Å². The lowest BCUT2D eigenvalue weighted by Crippen LogP contribution is -1.89. The predicted octanol–water partition coefficient (Wildman–Crippen LogP) is 3.54. The average molecular weight is 195 g/mol. The molecule has 1 aliphatic rings. The largest absolute Gasteiger partial charge is 0.246 e. The number of hydrogen-bond acceptors (Lipinski definition) is 2. The van der Waals surface area contributed by atoms with Crippen LogP contribution in [0.15, 0.2) is 0 Å². The normalized spacial score (nSPS) is 17.2. The van der Waals surface area contributed by atoms with Crippen molar-refractivity contribution in [2.24, 2.45) is 0 Å². The van der Waals surface area contributed by atoms with Crippen LogP contribution < -0.4 is 0 Å². The third-order valence-corrected chi connectivity index (χ3v) is 4.06. The number of rotatable bonds is 1. The van der Waals surface area contributed by atoms with Gasteiger partial charge >= 0.3 is 0 Å². The van der Waals surface area contributed by atoms with Gasteiger partial charge in [0.25, 0.3) is 0 Å². The molecule has 0 aromatic carbocycles. The van der Waals surface area contributed by atoms with Crippen LogP contribution in [0, 0.1) is 0 Å². The Morgan fingerprint density at radius 1 is 1.15 bits per heavy atom. The standard InChI is InChI=1S/C11H17NS/c1-8(2)11-12-9-6-4-3-5-7-10(9)13-11/h8H,3-7H2,1-2H3. The molecule has 2 rings (SSSR count). The molecule has 0 amide bonds. The van der Waals surface area contributed by atoms with Gasteiger partial charge < -0.3 is 0 Å². The number of fused-ring (bicyclic) bond motifs is 1. The summed E-state index contributed by atoms with van der Waals surface area (Å²) in [6, 6.07) is 0. The van der Waals surface area contributed by atoms with Gasteiger partial charge in [0.05, 0.1) is 10.7 Å². The fourth-order valence-corrected chi connectivity index (χ4v) is 2.95. The molecule has 72 valence electrons. The monoisotopic (exact) mass is 195 g/mol. The van der Waals surface area contributed by atoms with E-state index in [1.165, 1.54) is 42.8 Å². The summed E-state index contributed by atoms with van der Waals surface area (Å²) >= 11 is 1.95. The SMILES string of the molecule is CC(C)c1nc2c(s1)CCCCC2. The molecule has 0 radical (unpaired) electrons. The lowest BCUT2D eigenvalue weighted by atomic mass is 10.2. The fourth-order valence-electron chi connectivity index (χ4n) is 1.80. The van der Waals surface area contributed by atoms with E-state index in [-0.39, 0.29) is 0 Å². The molecule has 1 nitrogen and oxygen atoms in total. The van der Waals surface area contributed by atoms with Crippen LogP contribution in [-0.4, -0.2) is 4.98 Å². The maximum absolute atomic E-state index is 4.73. The van der Waals surface area contributed by atoms with Gasteiger partial charge in [0, 0.05) is 10.8 Å². The van der Waals surface area contributed by atoms with Gasteiger partial charge in [-0.3, -0.25) is 0 Å². The van der Waals surface area contributed by atoms with Crippen molar-refractivity contribution in [1.82, 2.24) is 4.98 Å². The number of nitrogens with zero attached hydrogens (tertiary/aromatic N) is 1. The topological polar surface area (TPSA) is 12.9 Å². The second-order valence-electron chi connectivity index (χ2n) is 4.14. The zero-order chi connectivity index (χ0) is 9.26. The van der Waals surface area contributed by atoms with Crippen LogP contribution in [0.1, 0.15) is 54.6 Å². The van der Waals surface area contributed by atoms with Crippen LogP contribution >= 0.6 is 11.3 Å². The molecule has 0 bridgehead atoms. The highest BCUT2D eigenvalue weighted by atomic mass is 32.1. The van der Waals surface area contributed by atoms with Crippen molar-refractivity contribution < 1.29 is 0 Å². The Morgan fingerprint density at radius 3 is 2.69 bits per heavy atom. The first-order chi connectivity index (χ1) is 6.27. The van der Waals surface area contributed by atoms with Crippen molar-refractivity contribution in [2.45, 2.75) is 51.9 Å². The van der Waals surface area contributed by atoms with E-state index in [0.29, 0.717) is 5.92 Å². The van der Waals surface area contributed by atoms with Crippen LogP contribution in [0.5, 0.6) is 0 Å². The highest BCUT2D eigenvalue weighted by Gasteiger charge is 2.14. The molecule has 0 saturated heterocycles. The zero-order valence-electron chi connectivity index (χ0n) is 8.47. The molecule has 0 unspecified atom stereocenters. The third kappa shape index (κ3) is 1.93. The molecular weight excluding hydrogens is 178 g/mol. The van der Waals surface area contributed by atoms with E-state index in [4.69, 9.17) is 4.98 Å². The third-order valence-electron chi connectivity index (χ3n) is 2.61. The molecular formula is C11H17NS. The molecule has 0 atom stereocenters. The first-order valence-electron chi connectivity index (χ1n) is 5.26. The minimum Gasteiger partial charge on any atom is -0.246 e. The fraction of sp³-hybridized carbons (Fsp3) is 0.727. The highest BCUT2D eigenvalue weighted by Crippen LogP contribution is 2.29. The molecule has 1 aliphatic carbocycles. The molecule has 2 heteroatoms. The smallest absolute Gasteiger partial charge is 0.0956 e. The van der Waals surface area contributed by atoms with Crippen molar-refractivity contribution in [3.63, 3.8) is 0 Å². The zero-order valence-corrected chi connectivity index (χ0v) is 9.28. The Hall–Kier alpha value is -0.370. The van der Waals surface area contributed by atoms with E-state index >= 15 is 0 Å². The molecule has 1 aromatic heterocycles. The van der Waals surface area contributed by atoms with Gasteiger partial charge in [-0.05, 0) is 25.7 Å². The van der Waals surface area contributed by atoms with Crippen LogP contribution in [0.25, 0.3) is 0 Å². The Kier molecular flexibility index (Phi) is 2.68. The lowest BCUT2D eigenvalue weighted by molar-refractivity contribution is 0.706. The van der Waals surface area contributed by atoms with Gasteiger partial charge in [0.1, 0.15) is 0 Å². The Morgan fingerprint density at radius 2 is 1.92 bits per heavy atom. The molecule has 0 saturated carbocycles. The minimum atomic E-state index is 0.608. The maximum Gasteiger partial charge on any atom is 0.0956 e. The van der Waals surface area contributed by atoms with Crippen LogP contribution in [0.4, 0.5) is 0 Å². The Balaban J connectivity index is 2.27. The van der Waals surface area contributed by atoms with Gasteiger partial charge in [-0.2, -0.15) is 0 Å². The Labute approximate surface area is 84.2 Å². The van der Waals surface area contributed by atoms with Crippen LogP contribution in [-0.2, 0) is 12.8 Å². The molecule has 0 fully saturated rings. The molecule has 1 aromatic rings. The number of aromatic nitrogens is 1. The van der Waals surface area contributed by atoms with Crippen molar-refractivity contribution in [2.75, 3.05) is 0 Å². The first kappa shape index (κ1) is 9.20. The van der Waals surface area contributed by atoms with E-state index in [1.54, 1.807) is 4.88 Å². The van der Waals surface area contributed by atoms with Crippen molar-refractivity contribution in [3.8, 4) is 0 Å². The summed E-state index contributed by atoms with van der Waals surface area (Å²) in [5, 5.41) is 1.34. The van der Waals surface area contributed by atoms with Gasteiger partial charge in [-0.25, -0.2) is 4.98 Å². The summed E-state index contributed by atoms with van der Waals surface area (Å²) in [5.74, 6) is 0.608. The minimum absolute atomic E-state index is 0.608. The molecule has 1 heterocycles. The number of aryl methyl sites for hydroxylation is 2. The van der Waals surface area contributed by atoms with Gasteiger partial charge in [-0.15, -0.1) is 11.3 Å². The average Bonchev–Trinajstić information content (AvgIpc) is 2.38. The summed E-state index contributed by atoms with van der Waals surface area (Å²) in [5.41, 5.74) is 1.41. The van der Waals surface area contributed by atoms with Crippen molar-refractivity contribution in [1.29, 1.82) is 0 Å². The summed E-state index contributed by atoms with van der Waals surface area (Å²) < 4.78 is 0. The van der Waals surface area contributed by atoms with Crippen molar-refractivity contribution in [3.05, 3.63) is 15.6 Å². The number of hydrogen-bond donors (Lipinski definition) is 0. The molecule has 0 N–H and O–H groups in total. The summed E-state index contributed by atoms with van der Waals surface area (Å²) in [6.07, 6.45) is 6.60. The summed E-state index contributed by atoms with van der Waals surface area (Å²) in [7, 11) is 0. The van der Waals surface area contributed by atoms with Gasteiger partial charge in [0.2, 0.25) is 0 Å². The molecule has 13 heavy (non-hydrogen) atoms. The Bertz CT molecular complexity index is 265. The quantitative estimate of drug-likeness (QED) is 0.625. The number of thiazole rings is 1. The predicted molar refractivity (Wildman–Crippen MR) is 57.5 cm³/mol. The second kappa shape index (κ2) is 3.79.